The maximum absolute atomic E-state index is 12.1. The van der Waals surface area contributed by atoms with Crippen LogP contribution < -0.4 is 11.1 Å². The summed E-state index contributed by atoms with van der Waals surface area (Å²) in [6.07, 6.45) is 0.584. The van der Waals surface area contributed by atoms with Crippen molar-refractivity contribution in [3.8, 4) is 5.75 Å². The molecule has 4 nitrogen and oxygen atoms in total. The van der Waals surface area contributed by atoms with Crippen LogP contribution in [0.1, 0.15) is 36.2 Å². The lowest BCUT2D eigenvalue weighted by Gasteiger charge is -2.28. The van der Waals surface area contributed by atoms with E-state index in [-0.39, 0.29) is 22.2 Å². The van der Waals surface area contributed by atoms with Gasteiger partial charge in [-0.2, -0.15) is 0 Å². The normalized spacial score (nSPS) is 13.7. The van der Waals surface area contributed by atoms with E-state index in [1.165, 1.54) is 0 Å². The third kappa shape index (κ3) is 2.79. The quantitative estimate of drug-likeness (QED) is 0.727. The van der Waals surface area contributed by atoms with Crippen molar-refractivity contribution in [1.82, 2.24) is 5.32 Å². The Kier molecular flexibility index (Phi) is 4.29. The molecule has 0 aliphatic heterocycles. The van der Waals surface area contributed by atoms with Gasteiger partial charge < -0.3 is 16.2 Å². The third-order valence-electron chi connectivity index (χ3n) is 3.12. The second-order valence-electron chi connectivity index (χ2n) is 4.48. The molecule has 0 radical (unpaired) electrons. The fourth-order valence-corrected chi connectivity index (χ4v) is 1.68. The van der Waals surface area contributed by atoms with E-state index in [0.717, 1.165) is 0 Å². The van der Waals surface area contributed by atoms with Crippen molar-refractivity contribution in [2.24, 2.45) is 5.73 Å². The average molecular weight is 266 g/mol. The number of hydrogen-bond donors (Lipinski definition) is 3. The van der Waals surface area contributed by atoms with Crippen LogP contribution in [0.5, 0.6) is 5.75 Å². The zero-order valence-corrected chi connectivity index (χ0v) is 11.6. The molecule has 0 aliphatic carbocycles. The smallest absolute Gasteiger partial charge is 0.255 e. The molecular formula is C13H18N2O2S. The molecule has 98 valence electrons. The van der Waals surface area contributed by atoms with Gasteiger partial charge in [0.05, 0.1) is 16.1 Å². The summed E-state index contributed by atoms with van der Waals surface area (Å²) in [6.45, 7) is 5.38. The number of rotatable bonds is 4. The fourth-order valence-electron chi connectivity index (χ4n) is 1.48. The van der Waals surface area contributed by atoms with Gasteiger partial charge in [-0.05, 0) is 31.9 Å². The first-order chi connectivity index (χ1) is 8.31. The molecule has 0 fully saturated rings. The zero-order valence-electron chi connectivity index (χ0n) is 10.8. The number of carbonyl (C=O) groups excluding carboxylic acids is 1. The predicted octanol–water partition coefficient (Wildman–Crippen LogP) is 1.89. The van der Waals surface area contributed by atoms with Crippen LogP contribution in [0, 0.1) is 6.92 Å². The summed E-state index contributed by atoms with van der Waals surface area (Å²) in [7, 11) is 0. The molecule has 1 aromatic carbocycles. The number of hydrogen-bond acceptors (Lipinski definition) is 3. The van der Waals surface area contributed by atoms with Crippen LogP contribution in [-0.4, -0.2) is 21.5 Å². The monoisotopic (exact) mass is 266 g/mol. The van der Waals surface area contributed by atoms with Crippen LogP contribution in [0.15, 0.2) is 18.2 Å². The van der Waals surface area contributed by atoms with Crippen LogP contribution in [0.25, 0.3) is 0 Å². The predicted molar refractivity (Wildman–Crippen MR) is 75.8 cm³/mol. The highest BCUT2D eigenvalue weighted by Gasteiger charge is 2.28. The summed E-state index contributed by atoms with van der Waals surface area (Å²) in [5.41, 5.74) is 5.76. The molecule has 1 amide bonds. The Balaban J connectivity index is 3.02. The first kappa shape index (κ1) is 14.4. The van der Waals surface area contributed by atoms with Gasteiger partial charge in [-0.1, -0.05) is 31.3 Å². The Morgan fingerprint density at radius 2 is 2.17 bits per heavy atom. The van der Waals surface area contributed by atoms with Gasteiger partial charge in [0.25, 0.3) is 5.91 Å². The van der Waals surface area contributed by atoms with Crippen molar-refractivity contribution in [1.29, 1.82) is 0 Å². The summed E-state index contributed by atoms with van der Waals surface area (Å²) in [5.74, 6) is -0.398. The Bertz CT molecular complexity index is 488. The molecule has 0 spiro atoms. The Morgan fingerprint density at radius 1 is 1.56 bits per heavy atom. The van der Waals surface area contributed by atoms with Crippen LogP contribution in [0.4, 0.5) is 0 Å². The van der Waals surface area contributed by atoms with Crippen molar-refractivity contribution in [2.75, 3.05) is 0 Å². The van der Waals surface area contributed by atoms with Gasteiger partial charge in [-0.3, -0.25) is 4.79 Å². The van der Waals surface area contributed by atoms with Gasteiger partial charge in [-0.15, -0.1) is 0 Å². The Morgan fingerprint density at radius 3 is 2.67 bits per heavy atom. The molecule has 1 aromatic rings. The number of thiocarbonyl (C=S) groups is 1. The van der Waals surface area contributed by atoms with Gasteiger partial charge >= 0.3 is 0 Å². The molecule has 0 aliphatic rings. The highest BCUT2D eigenvalue weighted by molar-refractivity contribution is 7.80. The van der Waals surface area contributed by atoms with Gasteiger partial charge in [0.2, 0.25) is 0 Å². The molecule has 0 saturated carbocycles. The number of aryl methyl sites for hydroxylation is 1. The van der Waals surface area contributed by atoms with Crippen LogP contribution >= 0.6 is 12.2 Å². The number of phenolic OH excluding ortho intramolecular Hbond substituents is 1. The standard InChI is InChI=1S/C13H18N2O2S/c1-4-13(3,12(14)18)15-11(17)9-7-5-6-8(2)10(9)16/h5-7,16H,4H2,1-3H3,(H2,14,18)(H,15,17). The van der Waals surface area contributed by atoms with E-state index in [1.54, 1.807) is 32.0 Å². The Hall–Kier alpha value is -1.62. The van der Waals surface area contributed by atoms with Crippen LogP contribution in [0.2, 0.25) is 0 Å². The van der Waals surface area contributed by atoms with E-state index in [2.05, 4.69) is 5.32 Å². The summed E-state index contributed by atoms with van der Waals surface area (Å²) in [6, 6.07) is 5.01. The van der Waals surface area contributed by atoms with E-state index >= 15 is 0 Å². The molecular weight excluding hydrogens is 248 g/mol. The number of para-hydroxylation sites is 1. The van der Waals surface area contributed by atoms with Gasteiger partial charge in [-0.25, -0.2) is 0 Å². The molecule has 5 heteroatoms. The molecule has 0 heterocycles. The lowest BCUT2D eigenvalue weighted by atomic mass is 9.98. The van der Waals surface area contributed by atoms with Crippen LogP contribution in [-0.2, 0) is 0 Å². The van der Waals surface area contributed by atoms with Crippen molar-refractivity contribution in [3.63, 3.8) is 0 Å². The van der Waals surface area contributed by atoms with E-state index in [9.17, 15) is 9.90 Å². The topological polar surface area (TPSA) is 75.3 Å². The van der Waals surface area contributed by atoms with Gasteiger partial charge in [0.1, 0.15) is 5.75 Å². The number of nitrogens with two attached hydrogens (primary N) is 1. The lowest BCUT2D eigenvalue weighted by Crippen LogP contribution is -2.54. The molecule has 1 rings (SSSR count). The average Bonchev–Trinajstić information content (AvgIpc) is 2.32. The van der Waals surface area contributed by atoms with E-state index in [1.807, 2.05) is 6.92 Å². The summed E-state index contributed by atoms with van der Waals surface area (Å²) in [5, 5.41) is 12.6. The minimum Gasteiger partial charge on any atom is -0.507 e. The fraction of sp³-hybridized carbons (Fsp3) is 0.385. The van der Waals surface area contributed by atoms with Crippen molar-refractivity contribution in [3.05, 3.63) is 29.3 Å². The minimum atomic E-state index is -0.747. The van der Waals surface area contributed by atoms with Gasteiger partial charge in [0, 0.05) is 0 Å². The molecule has 0 aromatic heterocycles. The SMILES string of the molecule is CCC(C)(NC(=O)c1cccc(C)c1O)C(N)=S. The highest BCUT2D eigenvalue weighted by atomic mass is 32.1. The number of phenols is 1. The Labute approximate surface area is 112 Å². The maximum atomic E-state index is 12.1. The molecule has 1 atom stereocenters. The number of amides is 1. The first-order valence-corrected chi connectivity index (χ1v) is 6.13. The van der Waals surface area contributed by atoms with E-state index < -0.39 is 5.54 Å². The number of nitrogens with one attached hydrogen (secondary N) is 1. The summed E-state index contributed by atoms with van der Waals surface area (Å²) >= 11 is 4.96. The number of aromatic hydroxyl groups is 1. The summed E-state index contributed by atoms with van der Waals surface area (Å²) in [4.78, 5) is 12.3. The minimum absolute atomic E-state index is 0.0172. The number of benzene rings is 1. The van der Waals surface area contributed by atoms with E-state index in [4.69, 9.17) is 18.0 Å². The molecule has 4 N–H and O–H groups in total. The largest absolute Gasteiger partial charge is 0.507 e. The van der Waals surface area contributed by atoms with E-state index in [0.29, 0.717) is 12.0 Å². The second kappa shape index (κ2) is 5.35. The molecule has 1 unspecified atom stereocenters. The van der Waals surface area contributed by atoms with Crippen molar-refractivity contribution >= 4 is 23.1 Å². The van der Waals surface area contributed by atoms with Crippen molar-refractivity contribution < 1.29 is 9.90 Å². The molecule has 0 bridgehead atoms. The molecule has 18 heavy (non-hydrogen) atoms. The number of carbonyl (C=O) groups is 1. The first-order valence-electron chi connectivity index (χ1n) is 5.73. The maximum Gasteiger partial charge on any atom is 0.255 e. The molecule has 0 saturated heterocycles. The zero-order chi connectivity index (χ0) is 13.9. The van der Waals surface area contributed by atoms with Crippen molar-refractivity contribution in [2.45, 2.75) is 32.7 Å². The highest BCUT2D eigenvalue weighted by Crippen LogP contribution is 2.22. The van der Waals surface area contributed by atoms with Crippen LogP contribution in [0.3, 0.4) is 0 Å². The second-order valence-corrected chi connectivity index (χ2v) is 4.91. The summed E-state index contributed by atoms with van der Waals surface area (Å²) < 4.78 is 0. The third-order valence-corrected chi connectivity index (χ3v) is 3.57. The lowest BCUT2D eigenvalue weighted by molar-refractivity contribution is 0.0923. The van der Waals surface area contributed by atoms with Gasteiger partial charge in [0.15, 0.2) is 0 Å².